The fourth-order valence-electron chi connectivity index (χ4n) is 2.71. The van der Waals surface area contributed by atoms with E-state index in [1.165, 1.54) is 24.0 Å². The Hall–Kier alpha value is -2.09. The quantitative estimate of drug-likeness (QED) is 0.880. The van der Waals surface area contributed by atoms with Gasteiger partial charge in [-0.3, -0.25) is 9.59 Å². The number of nitrogens with one attached hydrogen (secondary N) is 1. The molecule has 0 bridgehead atoms. The molecule has 0 radical (unpaired) electrons. The Morgan fingerprint density at radius 1 is 1.28 bits per heavy atom. The van der Waals surface area contributed by atoms with E-state index < -0.39 is 11.7 Å². The Morgan fingerprint density at radius 2 is 1.96 bits per heavy atom. The van der Waals surface area contributed by atoms with E-state index in [2.05, 4.69) is 5.32 Å². The molecule has 1 aromatic carbocycles. The standard InChI is InChI=1S/C17H21F3N2O3/c1-12(23)22(15-4-2-3-14(11-15)17(18,19)20)8-7-21-16(24)13-5-9-25-10-6-13/h2-4,11,13H,5-10H2,1H3,(H,21,24). The SMILES string of the molecule is CC(=O)N(CCNC(=O)C1CCOCC1)c1cccc(C(F)(F)F)c1. The minimum atomic E-state index is -4.48. The van der Waals surface area contributed by atoms with Crippen molar-refractivity contribution in [3.63, 3.8) is 0 Å². The summed E-state index contributed by atoms with van der Waals surface area (Å²) in [5, 5.41) is 2.74. The van der Waals surface area contributed by atoms with E-state index in [1.807, 2.05) is 0 Å². The molecular formula is C17H21F3N2O3. The minimum absolute atomic E-state index is 0.103. The van der Waals surface area contributed by atoms with Gasteiger partial charge in [-0.1, -0.05) is 6.07 Å². The number of carbonyl (C=O) groups excluding carboxylic acids is 2. The van der Waals surface area contributed by atoms with Crippen molar-refractivity contribution in [1.29, 1.82) is 0 Å². The molecule has 0 saturated carbocycles. The fourth-order valence-corrected chi connectivity index (χ4v) is 2.71. The van der Waals surface area contributed by atoms with E-state index >= 15 is 0 Å². The van der Waals surface area contributed by atoms with Crippen molar-refractivity contribution in [3.8, 4) is 0 Å². The molecule has 0 atom stereocenters. The minimum Gasteiger partial charge on any atom is -0.381 e. The molecule has 1 aliphatic rings. The van der Waals surface area contributed by atoms with Crippen molar-refractivity contribution in [2.45, 2.75) is 25.9 Å². The van der Waals surface area contributed by atoms with Crippen LogP contribution >= 0.6 is 0 Å². The summed E-state index contributed by atoms with van der Waals surface area (Å²) in [6.45, 7) is 2.64. The smallest absolute Gasteiger partial charge is 0.381 e. The number of carbonyl (C=O) groups is 2. The molecule has 138 valence electrons. The van der Waals surface area contributed by atoms with E-state index in [0.717, 1.165) is 12.1 Å². The molecule has 25 heavy (non-hydrogen) atoms. The van der Waals surface area contributed by atoms with E-state index in [1.54, 1.807) is 0 Å². The highest BCUT2D eigenvalue weighted by atomic mass is 19.4. The van der Waals surface area contributed by atoms with Crippen LogP contribution in [0, 0.1) is 5.92 Å². The molecule has 0 unspecified atom stereocenters. The Labute approximate surface area is 144 Å². The van der Waals surface area contributed by atoms with Crippen LogP contribution in [0.4, 0.5) is 18.9 Å². The maximum absolute atomic E-state index is 12.8. The van der Waals surface area contributed by atoms with Gasteiger partial charge in [0.05, 0.1) is 5.56 Å². The zero-order valence-electron chi connectivity index (χ0n) is 13.9. The summed E-state index contributed by atoms with van der Waals surface area (Å²) < 4.78 is 43.7. The molecule has 2 rings (SSSR count). The first-order chi connectivity index (χ1) is 11.8. The van der Waals surface area contributed by atoms with Crippen molar-refractivity contribution >= 4 is 17.5 Å². The zero-order chi connectivity index (χ0) is 18.4. The first-order valence-corrected chi connectivity index (χ1v) is 8.10. The summed E-state index contributed by atoms with van der Waals surface area (Å²) in [6, 6.07) is 4.59. The van der Waals surface area contributed by atoms with E-state index in [0.29, 0.717) is 26.1 Å². The predicted molar refractivity (Wildman–Crippen MR) is 86.0 cm³/mol. The third kappa shape index (κ3) is 5.45. The van der Waals surface area contributed by atoms with Gasteiger partial charge in [0.2, 0.25) is 11.8 Å². The molecule has 8 heteroatoms. The van der Waals surface area contributed by atoms with Gasteiger partial charge >= 0.3 is 6.18 Å². The Morgan fingerprint density at radius 3 is 2.56 bits per heavy atom. The number of nitrogens with zero attached hydrogens (tertiary/aromatic N) is 1. The number of halogens is 3. The average Bonchev–Trinajstić information content (AvgIpc) is 2.58. The first-order valence-electron chi connectivity index (χ1n) is 8.10. The van der Waals surface area contributed by atoms with Gasteiger partial charge in [-0.05, 0) is 31.0 Å². The molecule has 1 aromatic rings. The second-order valence-electron chi connectivity index (χ2n) is 5.90. The lowest BCUT2D eigenvalue weighted by molar-refractivity contribution is -0.137. The van der Waals surface area contributed by atoms with Gasteiger partial charge in [0.15, 0.2) is 0 Å². The maximum Gasteiger partial charge on any atom is 0.416 e. The van der Waals surface area contributed by atoms with Crippen LogP contribution in [0.1, 0.15) is 25.3 Å². The molecule has 1 aliphatic heterocycles. The van der Waals surface area contributed by atoms with Crippen LogP contribution in [0.15, 0.2) is 24.3 Å². The van der Waals surface area contributed by atoms with Gasteiger partial charge in [-0.2, -0.15) is 13.2 Å². The van der Waals surface area contributed by atoms with Crippen molar-refractivity contribution in [2.24, 2.45) is 5.92 Å². The van der Waals surface area contributed by atoms with Crippen molar-refractivity contribution in [1.82, 2.24) is 5.32 Å². The molecule has 0 spiro atoms. The van der Waals surface area contributed by atoms with E-state index in [4.69, 9.17) is 4.74 Å². The lowest BCUT2D eigenvalue weighted by atomic mass is 9.99. The molecule has 1 fully saturated rings. The Bertz CT molecular complexity index is 613. The van der Waals surface area contributed by atoms with Crippen LogP contribution in [0.25, 0.3) is 0 Å². The number of benzene rings is 1. The predicted octanol–water partition coefficient (Wildman–Crippen LogP) is 2.60. The van der Waals surface area contributed by atoms with Crippen molar-refractivity contribution in [2.75, 3.05) is 31.2 Å². The normalized spacial score (nSPS) is 15.7. The zero-order valence-corrected chi connectivity index (χ0v) is 13.9. The highest BCUT2D eigenvalue weighted by Crippen LogP contribution is 2.31. The second-order valence-corrected chi connectivity index (χ2v) is 5.90. The Balaban J connectivity index is 1.97. The van der Waals surface area contributed by atoms with Crippen LogP contribution in [-0.4, -0.2) is 38.1 Å². The van der Waals surface area contributed by atoms with Gasteiger partial charge in [-0.25, -0.2) is 0 Å². The van der Waals surface area contributed by atoms with Crippen LogP contribution in [0.2, 0.25) is 0 Å². The van der Waals surface area contributed by atoms with Gasteiger partial charge < -0.3 is 15.0 Å². The molecule has 1 heterocycles. The number of amides is 2. The third-order valence-electron chi connectivity index (χ3n) is 4.09. The molecule has 2 amide bonds. The molecule has 0 aliphatic carbocycles. The van der Waals surface area contributed by atoms with Gasteiger partial charge in [0.1, 0.15) is 0 Å². The summed E-state index contributed by atoms with van der Waals surface area (Å²) in [5.41, 5.74) is -0.662. The second kappa shape index (κ2) is 8.33. The fraction of sp³-hybridized carbons (Fsp3) is 0.529. The van der Waals surface area contributed by atoms with Crippen LogP contribution < -0.4 is 10.2 Å². The number of hydrogen-bond donors (Lipinski definition) is 1. The van der Waals surface area contributed by atoms with Crippen molar-refractivity contribution in [3.05, 3.63) is 29.8 Å². The lowest BCUT2D eigenvalue weighted by Gasteiger charge is -2.24. The Kier molecular flexibility index (Phi) is 6.41. The summed E-state index contributed by atoms with van der Waals surface area (Å²) in [4.78, 5) is 25.1. The van der Waals surface area contributed by atoms with E-state index in [9.17, 15) is 22.8 Å². The molecule has 1 N–H and O–H groups in total. The van der Waals surface area contributed by atoms with Crippen LogP contribution in [-0.2, 0) is 20.5 Å². The molecule has 5 nitrogen and oxygen atoms in total. The third-order valence-corrected chi connectivity index (χ3v) is 4.09. The highest BCUT2D eigenvalue weighted by Gasteiger charge is 2.31. The summed E-state index contributed by atoms with van der Waals surface area (Å²) >= 11 is 0. The number of hydrogen-bond acceptors (Lipinski definition) is 3. The topological polar surface area (TPSA) is 58.6 Å². The summed E-state index contributed by atoms with van der Waals surface area (Å²) in [6.07, 6.45) is -3.18. The molecule has 1 saturated heterocycles. The summed E-state index contributed by atoms with van der Waals surface area (Å²) in [7, 11) is 0. The lowest BCUT2D eigenvalue weighted by Crippen LogP contribution is -2.40. The van der Waals surface area contributed by atoms with Crippen LogP contribution in [0.5, 0.6) is 0 Å². The maximum atomic E-state index is 12.8. The monoisotopic (exact) mass is 358 g/mol. The average molecular weight is 358 g/mol. The molecular weight excluding hydrogens is 337 g/mol. The number of ether oxygens (including phenoxy) is 1. The van der Waals surface area contributed by atoms with Crippen molar-refractivity contribution < 1.29 is 27.5 Å². The number of rotatable bonds is 5. The highest BCUT2D eigenvalue weighted by molar-refractivity contribution is 5.91. The largest absolute Gasteiger partial charge is 0.416 e. The first kappa shape index (κ1) is 19.2. The molecule has 0 aromatic heterocycles. The summed E-state index contributed by atoms with van der Waals surface area (Å²) in [5.74, 6) is -0.622. The number of anilines is 1. The number of alkyl halides is 3. The van der Waals surface area contributed by atoms with E-state index in [-0.39, 0.29) is 36.5 Å². The van der Waals surface area contributed by atoms with Crippen LogP contribution in [0.3, 0.4) is 0 Å². The van der Waals surface area contributed by atoms with Gasteiger partial charge in [0, 0.05) is 44.8 Å². The van der Waals surface area contributed by atoms with Gasteiger partial charge in [0.25, 0.3) is 0 Å². The van der Waals surface area contributed by atoms with Gasteiger partial charge in [-0.15, -0.1) is 0 Å².